The summed E-state index contributed by atoms with van der Waals surface area (Å²) in [6.07, 6.45) is 0. The van der Waals surface area contributed by atoms with Crippen LogP contribution in [-0.4, -0.2) is 13.1 Å². The molecule has 0 radical (unpaired) electrons. The first-order valence-corrected chi connectivity index (χ1v) is 6.66. The summed E-state index contributed by atoms with van der Waals surface area (Å²) in [6.45, 7) is 1.68. The first-order chi connectivity index (χ1) is 10.5. The summed E-state index contributed by atoms with van der Waals surface area (Å²) < 4.78 is 31.2. The van der Waals surface area contributed by atoms with E-state index in [1.54, 1.807) is 31.2 Å². The Hall–Kier alpha value is -2.63. The van der Waals surface area contributed by atoms with Gasteiger partial charge in [0.25, 0.3) is 0 Å². The lowest BCUT2D eigenvalue weighted by atomic mass is 10.1. The standard InChI is InChI=1S/C16H16F2N2O2/c1-10(11-7-8-12(17)13(18)9-11)19-16(21)20-14-5-3-4-6-15(14)22-2/h3-10H,1-2H3,(H2,19,20,21)/t10-/m1/s1. The van der Waals surface area contributed by atoms with Crippen LogP contribution in [0.3, 0.4) is 0 Å². The molecule has 2 N–H and O–H groups in total. The fraction of sp³-hybridized carbons (Fsp3) is 0.188. The molecule has 0 unspecified atom stereocenters. The van der Waals surface area contributed by atoms with Gasteiger partial charge in [-0.15, -0.1) is 0 Å². The third-order valence-electron chi connectivity index (χ3n) is 3.15. The Balaban J connectivity index is 2.03. The number of para-hydroxylation sites is 2. The first kappa shape index (κ1) is 15.8. The van der Waals surface area contributed by atoms with E-state index in [0.717, 1.165) is 12.1 Å². The van der Waals surface area contributed by atoms with E-state index < -0.39 is 23.7 Å². The summed E-state index contributed by atoms with van der Waals surface area (Å²) in [5.74, 6) is -1.34. The second-order valence-corrected chi connectivity index (χ2v) is 4.69. The van der Waals surface area contributed by atoms with Crippen molar-refractivity contribution in [1.82, 2.24) is 5.32 Å². The zero-order valence-corrected chi connectivity index (χ0v) is 12.2. The molecule has 6 heteroatoms. The largest absolute Gasteiger partial charge is 0.495 e. The minimum absolute atomic E-state index is 0.467. The molecule has 22 heavy (non-hydrogen) atoms. The third kappa shape index (κ3) is 3.72. The normalized spacial score (nSPS) is 11.6. The fourth-order valence-corrected chi connectivity index (χ4v) is 1.97. The molecule has 2 rings (SSSR count). The van der Waals surface area contributed by atoms with Crippen molar-refractivity contribution in [3.63, 3.8) is 0 Å². The number of anilines is 1. The first-order valence-electron chi connectivity index (χ1n) is 6.66. The Kier molecular flexibility index (Phi) is 4.93. The maximum absolute atomic E-state index is 13.2. The highest BCUT2D eigenvalue weighted by atomic mass is 19.2. The molecule has 2 amide bonds. The number of carbonyl (C=O) groups is 1. The number of carbonyl (C=O) groups excluding carboxylic acids is 1. The van der Waals surface area contributed by atoms with E-state index >= 15 is 0 Å². The van der Waals surface area contributed by atoms with Gasteiger partial charge >= 0.3 is 6.03 Å². The van der Waals surface area contributed by atoms with Crippen LogP contribution >= 0.6 is 0 Å². The van der Waals surface area contributed by atoms with Crippen molar-refractivity contribution in [3.8, 4) is 5.75 Å². The number of urea groups is 1. The van der Waals surface area contributed by atoms with E-state index in [0.29, 0.717) is 17.0 Å². The van der Waals surface area contributed by atoms with Crippen molar-refractivity contribution in [2.45, 2.75) is 13.0 Å². The molecule has 0 spiro atoms. The SMILES string of the molecule is COc1ccccc1NC(=O)N[C@H](C)c1ccc(F)c(F)c1. The lowest BCUT2D eigenvalue weighted by molar-refractivity contribution is 0.249. The molecular weight excluding hydrogens is 290 g/mol. The third-order valence-corrected chi connectivity index (χ3v) is 3.15. The number of benzene rings is 2. The van der Waals surface area contributed by atoms with E-state index in [2.05, 4.69) is 10.6 Å². The number of ether oxygens (including phenoxy) is 1. The smallest absolute Gasteiger partial charge is 0.319 e. The number of methoxy groups -OCH3 is 1. The van der Waals surface area contributed by atoms with Gasteiger partial charge in [-0.25, -0.2) is 13.6 Å². The number of halogens is 2. The van der Waals surface area contributed by atoms with Gasteiger partial charge in [0.05, 0.1) is 18.8 Å². The highest BCUT2D eigenvalue weighted by Crippen LogP contribution is 2.23. The minimum atomic E-state index is -0.948. The van der Waals surface area contributed by atoms with Crippen molar-refractivity contribution < 1.29 is 18.3 Å². The van der Waals surface area contributed by atoms with E-state index in [-0.39, 0.29) is 0 Å². The molecule has 4 nitrogen and oxygen atoms in total. The Morgan fingerprint density at radius 3 is 2.55 bits per heavy atom. The molecule has 0 aliphatic heterocycles. The number of rotatable bonds is 4. The maximum Gasteiger partial charge on any atom is 0.319 e. The molecule has 0 aliphatic carbocycles. The van der Waals surface area contributed by atoms with Crippen molar-refractivity contribution in [2.24, 2.45) is 0 Å². The summed E-state index contributed by atoms with van der Waals surface area (Å²) in [6, 6.07) is 9.51. The molecule has 2 aromatic carbocycles. The molecule has 0 saturated heterocycles. The second-order valence-electron chi connectivity index (χ2n) is 4.69. The molecular formula is C16H16F2N2O2. The van der Waals surface area contributed by atoms with Crippen LogP contribution in [-0.2, 0) is 0 Å². The van der Waals surface area contributed by atoms with Crippen LogP contribution < -0.4 is 15.4 Å². The Morgan fingerprint density at radius 1 is 1.14 bits per heavy atom. The summed E-state index contributed by atoms with van der Waals surface area (Å²) in [5, 5.41) is 5.29. The monoisotopic (exact) mass is 306 g/mol. The molecule has 0 aliphatic rings. The van der Waals surface area contributed by atoms with Gasteiger partial charge < -0.3 is 15.4 Å². The van der Waals surface area contributed by atoms with Gasteiger partial charge in [0.15, 0.2) is 11.6 Å². The van der Waals surface area contributed by atoms with Crippen LogP contribution in [0.1, 0.15) is 18.5 Å². The van der Waals surface area contributed by atoms with Crippen LogP contribution in [0.15, 0.2) is 42.5 Å². The quantitative estimate of drug-likeness (QED) is 0.901. The van der Waals surface area contributed by atoms with E-state index in [1.807, 2.05) is 0 Å². The van der Waals surface area contributed by atoms with Gasteiger partial charge in [-0.2, -0.15) is 0 Å². The van der Waals surface area contributed by atoms with Crippen LogP contribution in [0.25, 0.3) is 0 Å². The molecule has 0 saturated carbocycles. The zero-order valence-electron chi connectivity index (χ0n) is 12.2. The Bertz CT molecular complexity index is 677. The van der Waals surface area contributed by atoms with Gasteiger partial charge in [-0.3, -0.25) is 0 Å². The predicted octanol–water partition coefficient (Wildman–Crippen LogP) is 3.86. The Labute approximate surface area is 127 Å². The van der Waals surface area contributed by atoms with Gasteiger partial charge in [0.1, 0.15) is 5.75 Å². The molecule has 0 bridgehead atoms. The molecule has 2 aromatic rings. The zero-order chi connectivity index (χ0) is 16.1. The second kappa shape index (κ2) is 6.89. The van der Waals surface area contributed by atoms with Gasteiger partial charge in [-0.1, -0.05) is 18.2 Å². The molecule has 116 valence electrons. The number of hydrogen-bond acceptors (Lipinski definition) is 2. The number of nitrogens with one attached hydrogen (secondary N) is 2. The van der Waals surface area contributed by atoms with Gasteiger partial charge in [-0.05, 0) is 36.8 Å². The highest BCUT2D eigenvalue weighted by Gasteiger charge is 2.13. The molecule has 0 heterocycles. The van der Waals surface area contributed by atoms with Crippen molar-refractivity contribution in [3.05, 3.63) is 59.7 Å². The lowest BCUT2D eigenvalue weighted by Crippen LogP contribution is -2.31. The van der Waals surface area contributed by atoms with Crippen LogP contribution in [0.5, 0.6) is 5.75 Å². The number of amides is 2. The van der Waals surface area contributed by atoms with Crippen molar-refractivity contribution in [2.75, 3.05) is 12.4 Å². The van der Waals surface area contributed by atoms with Crippen LogP contribution in [0.2, 0.25) is 0 Å². The van der Waals surface area contributed by atoms with Gasteiger partial charge in [0, 0.05) is 0 Å². The van der Waals surface area contributed by atoms with E-state index in [1.165, 1.54) is 13.2 Å². The average Bonchev–Trinajstić information content (AvgIpc) is 2.50. The highest BCUT2D eigenvalue weighted by molar-refractivity contribution is 5.91. The Morgan fingerprint density at radius 2 is 1.86 bits per heavy atom. The van der Waals surface area contributed by atoms with Crippen molar-refractivity contribution in [1.29, 1.82) is 0 Å². The molecule has 0 aromatic heterocycles. The summed E-state index contributed by atoms with van der Waals surface area (Å²) in [5.41, 5.74) is 0.981. The number of hydrogen-bond donors (Lipinski definition) is 2. The summed E-state index contributed by atoms with van der Waals surface area (Å²) >= 11 is 0. The predicted molar refractivity (Wildman–Crippen MR) is 79.9 cm³/mol. The summed E-state index contributed by atoms with van der Waals surface area (Å²) in [4.78, 5) is 12.0. The average molecular weight is 306 g/mol. The van der Waals surface area contributed by atoms with E-state index in [9.17, 15) is 13.6 Å². The summed E-state index contributed by atoms with van der Waals surface area (Å²) in [7, 11) is 1.50. The van der Waals surface area contributed by atoms with Gasteiger partial charge in [0.2, 0.25) is 0 Å². The molecule has 1 atom stereocenters. The van der Waals surface area contributed by atoms with Crippen LogP contribution in [0, 0.1) is 11.6 Å². The van der Waals surface area contributed by atoms with Crippen LogP contribution in [0.4, 0.5) is 19.3 Å². The fourth-order valence-electron chi connectivity index (χ4n) is 1.97. The maximum atomic E-state index is 13.2. The van der Waals surface area contributed by atoms with Crippen molar-refractivity contribution >= 4 is 11.7 Å². The van der Waals surface area contributed by atoms with E-state index in [4.69, 9.17) is 4.74 Å². The molecule has 0 fully saturated rings. The minimum Gasteiger partial charge on any atom is -0.495 e. The lowest BCUT2D eigenvalue weighted by Gasteiger charge is -2.16. The topological polar surface area (TPSA) is 50.4 Å².